The maximum Gasteiger partial charge on any atom is 0.247 e. The van der Waals surface area contributed by atoms with Crippen molar-refractivity contribution in [1.82, 2.24) is 19.8 Å². The van der Waals surface area contributed by atoms with Gasteiger partial charge < -0.3 is 39.5 Å². The van der Waals surface area contributed by atoms with Gasteiger partial charge in [-0.15, -0.1) is 0 Å². The van der Waals surface area contributed by atoms with Crippen molar-refractivity contribution in [1.29, 1.82) is 0 Å². The molecular weight excluding hydrogens is 655 g/mol. The van der Waals surface area contributed by atoms with E-state index in [1.807, 2.05) is 53.5 Å². The van der Waals surface area contributed by atoms with Gasteiger partial charge in [-0.05, 0) is 30.4 Å². The van der Waals surface area contributed by atoms with Crippen LogP contribution in [0.15, 0.2) is 55.5 Å². The van der Waals surface area contributed by atoms with E-state index in [1.54, 1.807) is 33.6 Å². The summed E-state index contributed by atoms with van der Waals surface area (Å²) in [6, 6.07) is 7.60. The number of piperazine rings is 1. The first kappa shape index (κ1) is 33.4. The lowest BCUT2D eigenvalue weighted by Gasteiger charge is -2.36. The number of amides is 1. The third-order valence-electron chi connectivity index (χ3n) is 8.65. The highest BCUT2D eigenvalue weighted by Crippen LogP contribution is 2.49. The Morgan fingerprint density at radius 2 is 1.77 bits per heavy atom. The van der Waals surface area contributed by atoms with Crippen LogP contribution in [0.5, 0.6) is 11.5 Å². The number of fused-ring (bicyclic) bond motifs is 3. The third kappa shape index (κ3) is 6.48. The topological polar surface area (TPSA) is 108 Å². The first-order valence-corrected chi connectivity index (χ1v) is 16.2. The molecule has 6 rings (SSSR count). The third-order valence-corrected chi connectivity index (χ3v) is 9.40. The molecule has 3 aliphatic rings. The van der Waals surface area contributed by atoms with Gasteiger partial charge >= 0.3 is 0 Å². The Morgan fingerprint density at radius 3 is 2.44 bits per heavy atom. The minimum absolute atomic E-state index is 0.302. The Balaban J connectivity index is 1.32. The van der Waals surface area contributed by atoms with E-state index in [0.29, 0.717) is 56.9 Å². The molecule has 2 N–H and O–H groups in total. The van der Waals surface area contributed by atoms with Crippen LogP contribution in [0.4, 0.5) is 28.8 Å². The fourth-order valence-electron chi connectivity index (χ4n) is 6.12. The summed E-state index contributed by atoms with van der Waals surface area (Å²) in [5.74, 6) is 1.63. The average molecular weight is 694 g/mol. The van der Waals surface area contributed by atoms with Crippen molar-refractivity contribution in [2.24, 2.45) is 0 Å². The van der Waals surface area contributed by atoms with E-state index < -0.39 is 0 Å². The van der Waals surface area contributed by atoms with Gasteiger partial charge in [-0.3, -0.25) is 9.69 Å². The molecule has 0 radical (unpaired) electrons. The van der Waals surface area contributed by atoms with Crippen LogP contribution in [-0.4, -0.2) is 99.5 Å². The van der Waals surface area contributed by atoms with Crippen molar-refractivity contribution in [2.75, 3.05) is 88.1 Å². The standard InChI is InChI=1S/C34H38Cl2N8O4/c1-6-28(45)38-25-18-22(43-12-10-42(11-13-43)15-16-46-3)7-8-24(25)39-34-37-20-21-17-23(33-41(2)9-14-44(33)32(21)40-34)29-30(35)26(47-4)19-27(48-5)31(29)36/h6-9,14,17-20,33H,1,10-13,15-16H2,2-5H3,(H,38,45)(H,37,39,40). The van der Waals surface area contributed by atoms with Crippen LogP contribution < -0.4 is 29.9 Å². The quantitative estimate of drug-likeness (QED) is 0.247. The molecular formula is C34H38Cl2N8O4. The maximum atomic E-state index is 12.5. The van der Waals surface area contributed by atoms with E-state index in [4.69, 9.17) is 42.4 Å². The zero-order chi connectivity index (χ0) is 33.9. The lowest BCUT2D eigenvalue weighted by Crippen LogP contribution is -2.47. The summed E-state index contributed by atoms with van der Waals surface area (Å²) in [7, 11) is 6.79. The largest absolute Gasteiger partial charge is 0.495 e. The number of hydrogen-bond donors (Lipinski definition) is 2. The molecule has 1 atom stereocenters. The number of likely N-dealkylation sites (N-methyl/N-ethyl adjacent to an activating group) is 1. The summed E-state index contributed by atoms with van der Waals surface area (Å²) in [4.78, 5) is 30.8. The van der Waals surface area contributed by atoms with Crippen molar-refractivity contribution in [3.8, 4) is 11.5 Å². The highest BCUT2D eigenvalue weighted by atomic mass is 35.5. The van der Waals surface area contributed by atoms with Gasteiger partial charge in [-0.1, -0.05) is 29.8 Å². The summed E-state index contributed by atoms with van der Waals surface area (Å²) < 4.78 is 16.3. The molecule has 48 heavy (non-hydrogen) atoms. The number of nitrogens with zero attached hydrogens (tertiary/aromatic N) is 6. The summed E-state index contributed by atoms with van der Waals surface area (Å²) in [6.07, 6.45) is 8.58. The van der Waals surface area contributed by atoms with Crippen molar-refractivity contribution < 1.29 is 19.0 Å². The highest BCUT2D eigenvalue weighted by molar-refractivity contribution is 6.40. The van der Waals surface area contributed by atoms with Crippen molar-refractivity contribution in [2.45, 2.75) is 6.17 Å². The summed E-state index contributed by atoms with van der Waals surface area (Å²) in [6.45, 7) is 8.85. The fourth-order valence-corrected chi connectivity index (χ4v) is 6.84. The lowest BCUT2D eigenvalue weighted by atomic mass is 9.95. The second kappa shape index (κ2) is 14.3. The smallest absolute Gasteiger partial charge is 0.247 e. The molecule has 0 saturated carbocycles. The molecule has 1 amide bonds. The molecule has 0 bridgehead atoms. The van der Waals surface area contributed by atoms with Gasteiger partial charge in [-0.2, -0.15) is 4.98 Å². The van der Waals surface area contributed by atoms with Gasteiger partial charge in [0.15, 0.2) is 0 Å². The molecule has 12 nitrogen and oxygen atoms in total. The van der Waals surface area contributed by atoms with Crippen LogP contribution in [0.2, 0.25) is 10.0 Å². The Labute approximate surface area is 290 Å². The number of anilines is 5. The molecule has 3 aromatic rings. The monoisotopic (exact) mass is 692 g/mol. The normalized spacial score (nSPS) is 17.1. The molecule has 14 heteroatoms. The van der Waals surface area contributed by atoms with E-state index in [9.17, 15) is 4.79 Å². The first-order valence-electron chi connectivity index (χ1n) is 15.4. The van der Waals surface area contributed by atoms with E-state index >= 15 is 0 Å². The minimum atomic E-state index is -0.316. The molecule has 3 aliphatic heterocycles. The number of nitrogens with one attached hydrogen (secondary N) is 2. The van der Waals surface area contributed by atoms with Crippen LogP contribution in [0.3, 0.4) is 0 Å². The molecule has 0 aliphatic carbocycles. The number of aromatic nitrogens is 2. The average Bonchev–Trinajstić information content (AvgIpc) is 3.50. The van der Waals surface area contributed by atoms with Gasteiger partial charge in [0.05, 0.1) is 42.2 Å². The van der Waals surface area contributed by atoms with E-state index in [-0.39, 0.29) is 12.1 Å². The number of carbonyl (C=O) groups is 1. The zero-order valence-corrected chi connectivity index (χ0v) is 28.8. The Hall–Kier alpha value is -4.49. The van der Waals surface area contributed by atoms with Gasteiger partial charge in [0.2, 0.25) is 11.9 Å². The number of halogens is 2. The van der Waals surface area contributed by atoms with Gasteiger partial charge in [0.25, 0.3) is 0 Å². The second-order valence-electron chi connectivity index (χ2n) is 11.5. The molecule has 0 spiro atoms. The molecule has 2 aromatic carbocycles. The number of hydrogen-bond acceptors (Lipinski definition) is 11. The van der Waals surface area contributed by atoms with Crippen LogP contribution in [-0.2, 0) is 9.53 Å². The number of benzene rings is 2. The van der Waals surface area contributed by atoms with Gasteiger partial charge in [0.1, 0.15) is 23.5 Å². The number of rotatable bonds is 11. The highest BCUT2D eigenvalue weighted by Gasteiger charge is 2.38. The molecule has 252 valence electrons. The van der Waals surface area contributed by atoms with Gasteiger partial charge in [0, 0.05) is 93.9 Å². The van der Waals surface area contributed by atoms with E-state index in [2.05, 4.69) is 32.0 Å². The predicted octanol–water partition coefficient (Wildman–Crippen LogP) is 5.54. The summed E-state index contributed by atoms with van der Waals surface area (Å²) in [5, 5.41) is 7.02. The van der Waals surface area contributed by atoms with Crippen LogP contribution >= 0.6 is 23.2 Å². The lowest BCUT2D eigenvalue weighted by molar-refractivity contribution is -0.111. The fraction of sp³-hybridized carbons (Fsp3) is 0.324. The van der Waals surface area contributed by atoms with E-state index in [1.165, 1.54) is 6.08 Å². The van der Waals surface area contributed by atoms with Crippen LogP contribution in [0, 0.1) is 0 Å². The second-order valence-corrected chi connectivity index (χ2v) is 12.2. The van der Waals surface area contributed by atoms with Gasteiger partial charge in [-0.25, -0.2) is 4.98 Å². The molecule has 1 aromatic heterocycles. The molecule has 1 unspecified atom stereocenters. The molecule has 1 fully saturated rings. The Morgan fingerprint density at radius 1 is 1.04 bits per heavy atom. The molecule has 4 heterocycles. The molecule has 1 saturated heterocycles. The maximum absolute atomic E-state index is 12.5. The summed E-state index contributed by atoms with van der Waals surface area (Å²) in [5.41, 5.74) is 4.45. The number of ether oxygens (including phenoxy) is 3. The first-order chi connectivity index (χ1) is 23.3. The number of carbonyl (C=O) groups excluding carboxylic acids is 1. The van der Waals surface area contributed by atoms with Crippen molar-refractivity contribution in [3.63, 3.8) is 0 Å². The Bertz CT molecular complexity index is 1750. The SMILES string of the molecule is C=CC(=O)Nc1cc(N2CCN(CCOC)CC2)ccc1Nc1ncc2c(n1)N1C=CN(C)C1C(c1c(Cl)c(OC)cc(OC)c1Cl)=C2. The summed E-state index contributed by atoms with van der Waals surface area (Å²) >= 11 is 13.7. The van der Waals surface area contributed by atoms with Crippen molar-refractivity contribution in [3.05, 3.63) is 76.7 Å². The minimum Gasteiger partial charge on any atom is -0.495 e. The van der Waals surface area contributed by atoms with E-state index in [0.717, 1.165) is 49.5 Å². The van der Waals surface area contributed by atoms with Crippen molar-refractivity contribution >= 4 is 69.6 Å². The Kier molecular flexibility index (Phi) is 9.97. The predicted molar refractivity (Wildman–Crippen MR) is 192 cm³/mol. The van der Waals surface area contributed by atoms with Crippen LogP contribution in [0.1, 0.15) is 11.1 Å². The zero-order valence-electron chi connectivity index (χ0n) is 27.3. The number of methoxy groups -OCH3 is 3. The van der Waals surface area contributed by atoms with Crippen LogP contribution in [0.25, 0.3) is 11.6 Å².